The highest BCUT2D eigenvalue weighted by Gasteiger charge is 2.33. The molecule has 5 nitrogen and oxygen atoms in total. The average molecular weight is 399 g/mol. The number of rotatable bonds is 5. The fourth-order valence-corrected chi connectivity index (χ4v) is 6.83. The molecule has 1 amide bonds. The predicted molar refractivity (Wildman–Crippen MR) is 105 cm³/mol. The summed E-state index contributed by atoms with van der Waals surface area (Å²) in [4.78, 5) is 13.7. The van der Waals surface area contributed by atoms with Gasteiger partial charge >= 0.3 is 0 Å². The molecule has 2 heterocycles. The fourth-order valence-electron chi connectivity index (χ4n) is 3.92. The molecule has 7 heteroatoms. The number of carbonyl (C=O) groups is 1. The normalized spacial score (nSPS) is 21.4. The molecule has 1 N–H and O–H groups in total. The van der Waals surface area contributed by atoms with Crippen LogP contribution in [-0.2, 0) is 21.2 Å². The lowest BCUT2D eigenvalue weighted by Crippen LogP contribution is -2.45. The van der Waals surface area contributed by atoms with E-state index in [4.69, 9.17) is 0 Å². The molecule has 2 fully saturated rings. The zero-order chi connectivity index (χ0) is 18.6. The molecule has 3 rings (SSSR count). The van der Waals surface area contributed by atoms with Gasteiger partial charge in [0.2, 0.25) is 5.91 Å². The van der Waals surface area contributed by atoms with E-state index in [0.717, 1.165) is 24.1 Å². The van der Waals surface area contributed by atoms with Gasteiger partial charge < -0.3 is 5.32 Å². The average Bonchev–Trinajstić information content (AvgIpc) is 3.01. The first-order valence-electron chi connectivity index (χ1n) is 9.90. The number of thiophene rings is 1. The lowest BCUT2D eigenvalue weighted by molar-refractivity contribution is -0.126. The lowest BCUT2D eigenvalue weighted by atomic mass is 9.96. The summed E-state index contributed by atoms with van der Waals surface area (Å²) in [6, 6.07) is 3.92. The maximum absolute atomic E-state index is 12.8. The number of aryl methyl sites for hydroxylation is 1. The van der Waals surface area contributed by atoms with Gasteiger partial charge in [-0.3, -0.25) is 4.79 Å². The van der Waals surface area contributed by atoms with E-state index in [1.54, 1.807) is 10.4 Å². The molecule has 1 aliphatic heterocycles. The molecule has 0 spiro atoms. The molecule has 1 aromatic heterocycles. The van der Waals surface area contributed by atoms with Gasteiger partial charge in [-0.1, -0.05) is 32.6 Å². The van der Waals surface area contributed by atoms with Crippen LogP contribution in [0.25, 0.3) is 0 Å². The number of hydrogen-bond acceptors (Lipinski definition) is 4. The Kier molecular flexibility index (Phi) is 6.75. The van der Waals surface area contributed by atoms with Gasteiger partial charge in [0, 0.05) is 29.9 Å². The molecule has 1 aliphatic carbocycles. The molecule has 1 saturated heterocycles. The smallest absolute Gasteiger partial charge is 0.252 e. The molecule has 0 atom stereocenters. The van der Waals surface area contributed by atoms with E-state index in [1.807, 2.05) is 13.0 Å². The van der Waals surface area contributed by atoms with Gasteiger partial charge in [-0.2, -0.15) is 4.31 Å². The maximum atomic E-state index is 12.8. The number of amides is 1. The summed E-state index contributed by atoms with van der Waals surface area (Å²) in [7, 11) is -3.41. The van der Waals surface area contributed by atoms with Crippen LogP contribution in [-0.4, -0.2) is 37.8 Å². The van der Waals surface area contributed by atoms with Crippen molar-refractivity contribution >= 4 is 27.3 Å². The minimum atomic E-state index is -3.41. The SMILES string of the molecule is CCc1ccc(S(=O)(=O)N2CCC(C(=O)NC3CCCCCC3)CC2)s1. The van der Waals surface area contributed by atoms with Crippen molar-refractivity contribution in [1.29, 1.82) is 0 Å². The van der Waals surface area contributed by atoms with Gasteiger partial charge in [0.1, 0.15) is 4.21 Å². The second-order valence-corrected chi connectivity index (χ2v) is 10.8. The fraction of sp³-hybridized carbons (Fsp3) is 0.737. The van der Waals surface area contributed by atoms with E-state index in [0.29, 0.717) is 36.2 Å². The summed E-state index contributed by atoms with van der Waals surface area (Å²) in [5.41, 5.74) is 0. The molecule has 0 radical (unpaired) electrons. The van der Waals surface area contributed by atoms with Crippen molar-refractivity contribution in [2.45, 2.75) is 75.0 Å². The number of hydrogen-bond donors (Lipinski definition) is 1. The second kappa shape index (κ2) is 8.85. The van der Waals surface area contributed by atoms with Crippen molar-refractivity contribution in [3.63, 3.8) is 0 Å². The Morgan fingerprint density at radius 1 is 1.12 bits per heavy atom. The zero-order valence-corrected chi connectivity index (χ0v) is 17.2. The van der Waals surface area contributed by atoms with Crippen LogP contribution in [0.15, 0.2) is 16.3 Å². The standard InChI is InChI=1S/C19H30N2O3S2/c1-2-17-9-10-18(25-17)26(23,24)21-13-11-15(12-14-21)19(22)20-16-7-5-3-4-6-8-16/h9-10,15-16H,2-8,11-14H2,1H3,(H,20,22). The Morgan fingerprint density at radius 2 is 1.77 bits per heavy atom. The van der Waals surface area contributed by atoms with E-state index < -0.39 is 10.0 Å². The summed E-state index contributed by atoms with van der Waals surface area (Å²) >= 11 is 1.36. The number of carbonyl (C=O) groups excluding carboxylic acids is 1. The Labute approximate surface area is 161 Å². The van der Waals surface area contributed by atoms with Gasteiger partial charge in [0.05, 0.1) is 0 Å². The van der Waals surface area contributed by atoms with Gasteiger partial charge in [0.15, 0.2) is 0 Å². The largest absolute Gasteiger partial charge is 0.353 e. The zero-order valence-electron chi connectivity index (χ0n) is 15.6. The Hall–Kier alpha value is -0.920. The third-order valence-electron chi connectivity index (χ3n) is 5.61. The van der Waals surface area contributed by atoms with Gasteiger partial charge in [-0.05, 0) is 44.2 Å². The lowest BCUT2D eigenvalue weighted by Gasteiger charge is -2.31. The summed E-state index contributed by atoms with van der Waals surface area (Å²) in [6.45, 7) is 2.90. The molecule has 0 aromatic carbocycles. The van der Waals surface area contributed by atoms with E-state index in [1.165, 1.54) is 37.0 Å². The Morgan fingerprint density at radius 3 is 2.35 bits per heavy atom. The molecule has 0 bridgehead atoms. The summed E-state index contributed by atoms with van der Waals surface area (Å²) < 4.78 is 27.5. The minimum absolute atomic E-state index is 0.0563. The van der Waals surface area contributed by atoms with Crippen LogP contribution < -0.4 is 5.32 Å². The number of sulfonamides is 1. The van der Waals surface area contributed by atoms with Crippen molar-refractivity contribution < 1.29 is 13.2 Å². The molecular formula is C19H30N2O3S2. The molecule has 26 heavy (non-hydrogen) atoms. The first-order valence-corrected chi connectivity index (χ1v) is 12.2. The molecule has 146 valence electrons. The third kappa shape index (κ3) is 4.67. The predicted octanol–water partition coefficient (Wildman–Crippen LogP) is 3.55. The second-order valence-electron chi connectivity index (χ2n) is 7.45. The van der Waals surface area contributed by atoms with Crippen LogP contribution in [0, 0.1) is 5.92 Å². The van der Waals surface area contributed by atoms with Gasteiger partial charge in [-0.15, -0.1) is 11.3 Å². The summed E-state index contributed by atoms with van der Waals surface area (Å²) in [5, 5.41) is 3.22. The molecule has 2 aliphatic rings. The van der Waals surface area contributed by atoms with E-state index in [-0.39, 0.29) is 11.8 Å². The minimum Gasteiger partial charge on any atom is -0.353 e. The number of piperidine rings is 1. The van der Waals surface area contributed by atoms with E-state index in [9.17, 15) is 13.2 Å². The van der Waals surface area contributed by atoms with Crippen molar-refractivity contribution in [1.82, 2.24) is 9.62 Å². The van der Waals surface area contributed by atoms with Crippen LogP contribution in [0.1, 0.15) is 63.2 Å². The maximum Gasteiger partial charge on any atom is 0.252 e. The highest BCUT2D eigenvalue weighted by Crippen LogP contribution is 2.29. The van der Waals surface area contributed by atoms with Crippen LogP contribution in [0.2, 0.25) is 0 Å². The summed E-state index contributed by atoms with van der Waals surface area (Å²) in [5.74, 6) is 0.0672. The van der Waals surface area contributed by atoms with Crippen molar-refractivity contribution in [3.05, 3.63) is 17.0 Å². The Bertz CT molecular complexity index is 698. The van der Waals surface area contributed by atoms with Crippen molar-refractivity contribution in [2.75, 3.05) is 13.1 Å². The molecule has 1 saturated carbocycles. The Balaban J connectivity index is 1.53. The topological polar surface area (TPSA) is 66.5 Å². The molecular weight excluding hydrogens is 368 g/mol. The van der Waals surface area contributed by atoms with Crippen LogP contribution in [0.4, 0.5) is 0 Å². The van der Waals surface area contributed by atoms with Crippen molar-refractivity contribution in [3.8, 4) is 0 Å². The number of nitrogens with zero attached hydrogens (tertiary/aromatic N) is 1. The molecule has 1 aromatic rings. The van der Waals surface area contributed by atoms with Crippen molar-refractivity contribution in [2.24, 2.45) is 5.92 Å². The highest BCUT2D eigenvalue weighted by atomic mass is 32.2. The first kappa shape index (κ1) is 19.8. The van der Waals surface area contributed by atoms with Crippen LogP contribution >= 0.6 is 11.3 Å². The third-order valence-corrected chi connectivity index (χ3v) is 9.20. The van der Waals surface area contributed by atoms with E-state index in [2.05, 4.69) is 5.32 Å². The van der Waals surface area contributed by atoms with Gasteiger partial charge in [-0.25, -0.2) is 8.42 Å². The monoisotopic (exact) mass is 398 g/mol. The quantitative estimate of drug-likeness (QED) is 0.771. The molecule has 0 unspecified atom stereocenters. The summed E-state index contributed by atoms with van der Waals surface area (Å²) in [6.07, 6.45) is 9.17. The van der Waals surface area contributed by atoms with Crippen LogP contribution in [0.3, 0.4) is 0 Å². The van der Waals surface area contributed by atoms with E-state index >= 15 is 0 Å². The van der Waals surface area contributed by atoms with Crippen LogP contribution in [0.5, 0.6) is 0 Å². The first-order chi connectivity index (χ1) is 12.5. The van der Waals surface area contributed by atoms with Gasteiger partial charge in [0.25, 0.3) is 10.0 Å². The highest BCUT2D eigenvalue weighted by molar-refractivity contribution is 7.91. The number of nitrogens with one attached hydrogen (secondary N) is 1.